The third-order valence-electron chi connectivity index (χ3n) is 3.79. The first-order chi connectivity index (χ1) is 12.4. The standard InChI is InChI=1S/C17H18FN3O3S2/c1-12-10-14(16-4-3-9-25-16)20-21(12)8-7-19-26(22,23)17-11-13(18)5-6-15(17)24-2/h3-6,9-11,19H,7-8H2,1-2H3. The minimum atomic E-state index is -3.90. The van der Waals surface area contributed by atoms with Gasteiger partial charge in [-0.25, -0.2) is 17.5 Å². The van der Waals surface area contributed by atoms with Crippen molar-refractivity contribution >= 4 is 21.4 Å². The zero-order valence-corrected chi connectivity index (χ0v) is 15.9. The molecule has 0 amide bonds. The van der Waals surface area contributed by atoms with Crippen LogP contribution in [0.25, 0.3) is 10.6 Å². The largest absolute Gasteiger partial charge is 0.495 e. The molecular formula is C17H18FN3O3S2. The first kappa shape index (κ1) is 18.6. The minimum Gasteiger partial charge on any atom is -0.495 e. The summed E-state index contributed by atoms with van der Waals surface area (Å²) in [6, 6.07) is 9.27. The van der Waals surface area contributed by atoms with Gasteiger partial charge in [-0.05, 0) is 42.6 Å². The molecule has 138 valence electrons. The molecule has 9 heteroatoms. The van der Waals surface area contributed by atoms with E-state index in [-0.39, 0.29) is 17.2 Å². The highest BCUT2D eigenvalue weighted by molar-refractivity contribution is 7.89. The monoisotopic (exact) mass is 395 g/mol. The predicted octanol–water partition coefficient (Wildman–Crippen LogP) is 3.05. The molecule has 0 aliphatic carbocycles. The van der Waals surface area contributed by atoms with E-state index in [1.165, 1.54) is 13.2 Å². The normalized spacial score (nSPS) is 11.7. The average molecular weight is 395 g/mol. The first-order valence-electron chi connectivity index (χ1n) is 7.82. The highest BCUT2D eigenvalue weighted by atomic mass is 32.2. The summed E-state index contributed by atoms with van der Waals surface area (Å²) in [4.78, 5) is 0.827. The van der Waals surface area contributed by atoms with Crippen LogP contribution in [-0.2, 0) is 16.6 Å². The highest BCUT2D eigenvalue weighted by Crippen LogP contribution is 2.25. The van der Waals surface area contributed by atoms with Gasteiger partial charge >= 0.3 is 0 Å². The van der Waals surface area contributed by atoms with Crippen molar-refractivity contribution in [3.63, 3.8) is 0 Å². The maximum atomic E-state index is 13.4. The number of nitrogens with zero attached hydrogens (tertiary/aromatic N) is 2. The number of hydrogen-bond donors (Lipinski definition) is 1. The van der Waals surface area contributed by atoms with E-state index < -0.39 is 15.8 Å². The molecule has 3 rings (SSSR count). The number of rotatable bonds is 7. The third kappa shape index (κ3) is 3.95. The van der Waals surface area contributed by atoms with Crippen molar-refractivity contribution in [3.05, 3.63) is 53.3 Å². The van der Waals surface area contributed by atoms with Gasteiger partial charge in [0.2, 0.25) is 10.0 Å². The van der Waals surface area contributed by atoms with E-state index in [1.807, 2.05) is 30.5 Å². The van der Waals surface area contributed by atoms with E-state index in [1.54, 1.807) is 16.0 Å². The Morgan fingerprint density at radius 1 is 1.31 bits per heavy atom. The van der Waals surface area contributed by atoms with Gasteiger partial charge in [-0.3, -0.25) is 4.68 Å². The van der Waals surface area contributed by atoms with Crippen molar-refractivity contribution in [1.82, 2.24) is 14.5 Å². The maximum absolute atomic E-state index is 13.4. The summed E-state index contributed by atoms with van der Waals surface area (Å²) < 4.78 is 47.5. The highest BCUT2D eigenvalue weighted by Gasteiger charge is 2.20. The number of halogens is 1. The fraction of sp³-hybridized carbons (Fsp3) is 0.235. The molecule has 0 aliphatic rings. The zero-order valence-electron chi connectivity index (χ0n) is 14.3. The van der Waals surface area contributed by atoms with Gasteiger partial charge in [0.25, 0.3) is 0 Å². The van der Waals surface area contributed by atoms with E-state index in [0.717, 1.165) is 28.4 Å². The number of benzene rings is 1. The lowest BCUT2D eigenvalue weighted by Crippen LogP contribution is -2.28. The summed E-state index contributed by atoms with van der Waals surface area (Å²) in [7, 11) is -2.56. The van der Waals surface area contributed by atoms with Crippen molar-refractivity contribution < 1.29 is 17.5 Å². The second-order valence-electron chi connectivity index (χ2n) is 5.56. The molecule has 0 saturated heterocycles. The van der Waals surface area contributed by atoms with Crippen LogP contribution < -0.4 is 9.46 Å². The SMILES string of the molecule is COc1ccc(F)cc1S(=O)(=O)NCCn1nc(-c2cccs2)cc1C. The van der Waals surface area contributed by atoms with Crippen molar-refractivity contribution in [2.24, 2.45) is 0 Å². The number of nitrogens with one attached hydrogen (secondary N) is 1. The Bertz CT molecular complexity index is 998. The summed E-state index contributed by atoms with van der Waals surface area (Å²) >= 11 is 1.59. The number of sulfonamides is 1. The number of hydrogen-bond acceptors (Lipinski definition) is 5. The van der Waals surface area contributed by atoms with Gasteiger partial charge in [-0.2, -0.15) is 5.10 Å². The van der Waals surface area contributed by atoms with Gasteiger partial charge in [0.05, 0.1) is 18.5 Å². The van der Waals surface area contributed by atoms with E-state index in [0.29, 0.717) is 6.54 Å². The number of methoxy groups -OCH3 is 1. The van der Waals surface area contributed by atoms with Gasteiger partial charge < -0.3 is 4.74 Å². The molecule has 3 aromatic rings. The molecule has 0 saturated carbocycles. The molecule has 0 aliphatic heterocycles. The molecular weight excluding hydrogens is 377 g/mol. The summed E-state index contributed by atoms with van der Waals surface area (Å²) in [5.41, 5.74) is 1.78. The molecule has 2 heterocycles. The molecule has 0 fully saturated rings. The Hall–Kier alpha value is -2.23. The lowest BCUT2D eigenvalue weighted by Gasteiger charge is -2.11. The van der Waals surface area contributed by atoms with Crippen LogP contribution in [0.4, 0.5) is 4.39 Å². The summed E-state index contributed by atoms with van der Waals surface area (Å²) in [6.45, 7) is 2.39. The molecule has 0 unspecified atom stereocenters. The molecule has 2 aromatic heterocycles. The number of aromatic nitrogens is 2. The van der Waals surface area contributed by atoms with Crippen LogP contribution in [0.3, 0.4) is 0 Å². The Labute approximate surface area is 155 Å². The van der Waals surface area contributed by atoms with Crippen molar-refractivity contribution in [3.8, 4) is 16.3 Å². The van der Waals surface area contributed by atoms with Gasteiger partial charge in [0, 0.05) is 12.2 Å². The second-order valence-corrected chi connectivity index (χ2v) is 8.25. The van der Waals surface area contributed by atoms with Crippen molar-refractivity contribution in [1.29, 1.82) is 0 Å². The number of aryl methyl sites for hydroxylation is 1. The quantitative estimate of drug-likeness (QED) is 0.667. The van der Waals surface area contributed by atoms with Gasteiger partial charge in [-0.15, -0.1) is 11.3 Å². The second kappa shape index (κ2) is 7.56. The smallest absolute Gasteiger partial charge is 0.244 e. The molecule has 0 radical (unpaired) electrons. The fourth-order valence-electron chi connectivity index (χ4n) is 2.51. The van der Waals surface area contributed by atoms with E-state index in [2.05, 4.69) is 9.82 Å². The molecule has 1 N–H and O–H groups in total. The van der Waals surface area contributed by atoms with Gasteiger partial charge in [-0.1, -0.05) is 6.07 Å². The van der Waals surface area contributed by atoms with E-state index in [4.69, 9.17) is 4.74 Å². The third-order valence-corrected chi connectivity index (χ3v) is 6.16. The van der Waals surface area contributed by atoms with Gasteiger partial charge in [0.1, 0.15) is 22.2 Å². The average Bonchev–Trinajstić information content (AvgIpc) is 3.25. The first-order valence-corrected chi connectivity index (χ1v) is 10.2. The molecule has 1 aromatic carbocycles. The molecule has 0 atom stereocenters. The number of thiophene rings is 1. The summed E-state index contributed by atoms with van der Waals surface area (Å²) in [5.74, 6) is -0.552. The van der Waals surface area contributed by atoms with Crippen LogP contribution in [-0.4, -0.2) is 31.9 Å². The zero-order chi connectivity index (χ0) is 18.7. The minimum absolute atomic E-state index is 0.0918. The lowest BCUT2D eigenvalue weighted by molar-refractivity contribution is 0.400. The van der Waals surface area contributed by atoms with Crippen molar-refractivity contribution in [2.75, 3.05) is 13.7 Å². The Morgan fingerprint density at radius 2 is 2.12 bits per heavy atom. The maximum Gasteiger partial charge on any atom is 0.244 e. The van der Waals surface area contributed by atoms with Crippen molar-refractivity contribution in [2.45, 2.75) is 18.4 Å². The number of ether oxygens (including phenoxy) is 1. The topological polar surface area (TPSA) is 73.2 Å². The summed E-state index contributed by atoms with van der Waals surface area (Å²) in [5, 5.41) is 6.48. The van der Waals surface area contributed by atoms with E-state index in [9.17, 15) is 12.8 Å². The van der Waals surface area contributed by atoms with Crippen LogP contribution in [0.15, 0.2) is 46.7 Å². The van der Waals surface area contributed by atoms with Crippen LogP contribution in [0.2, 0.25) is 0 Å². The Balaban J connectivity index is 1.71. The lowest BCUT2D eigenvalue weighted by atomic mass is 10.3. The molecule has 0 bridgehead atoms. The predicted molar refractivity (Wildman–Crippen MR) is 98.4 cm³/mol. The van der Waals surface area contributed by atoms with Crippen LogP contribution in [0, 0.1) is 12.7 Å². The van der Waals surface area contributed by atoms with Crippen LogP contribution in [0.5, 0.6) is 5.75 Å². The molecule has 6 nitrogen and oxygen atoms in total. The molecule has 26 heavy (non-hydrogen) atoms. The van der Waals surface area contributed by atoms with Gasteiger partial charge in [0.15, 0.2) is 0 Å². The fourth-order valence-corrected chi connectivity index (χ4v) is 4.39. The van der Waals surface area contributed by atoms with Crippen LogP contribution in [0.1, 0.15) is 5.69 Å². The summed E-state index contributed by atoms with van der Waals surface area (Å²) in [6.07, 6.45) is 0. The Kier molecular flexibility index (Phi) is 5.40. The van der Waals surface area contributed by atoms with Crippen LogP contribution >= 0.6 is 11.3 Å². The van der Waals surface area contributed by atoms with E-state index >= 15 is 0 Å². The Morgan fingerprint density at radius 3 is 2.81 bits per heavy atom. The molecule has 0 spiro atoms.